The van der Waals surface area contributed by atoms with E-state index >= 15 is 0 Å². The third-order valence-electron chi connectivity index (χ3n) is 2.67. The molecule has 124 valence electrons. The van der Waals surface area contributed by atoms with E-state index in [-0.39, 0.29) is 0 Å². The molecule has 0 bridgehead atoms. The quantitative estimate of drug-likeness (QED) is 0.371. The van der Waals surface area contributed by atoms with Gasteiger partial charge in [0.05, 0.1) is 13.2 Å². The molecule has 0 aliphatic rings. The highest BCUT2D eigenvalue weighted by Crippen LogP contribution is 1.87. The first-order chi connectivity index (χ1) is 9.83. The van der Waals surface area contributed by atoms with Crippen molar-refractivity contribution >= 4 is 0 Å². The summed E-state index contributed by atoms with van der Waals surface area (Å²) < 4.78 is 0. The van der Waals surface area contributed by atoms with Crippen LogP contribution < -0.4 is 11.0 Å². The topological polar surface area (TPSA) is 42.5 Å². The number of rotatable bonds is 14. The van der Waals surface area contributed by atoms with Crippen LogP contribution in [0.3, 0.4) is 0 Å². The Hall–Kier alpha value is -0.160. The Morgan fingerprint density at radius 2 is 0.900 bits per heavy atom. The summed E-state index contributed by atoms with van der Waals surface area (Å²) in [6, 6.07) is 0. The minimum absolute atomic E-state index is 0.847. The number of hydrogen-bond donors (Lipinski definition) is 2. The Morgan fingerprint density at radius 1 is 0.550 bits per heavy atom. The Labute approximate surface area is 126 Å². The molecule has 0 rings (SSSR count). The molecule has 0 heterocycles. The van der Waals surface area contributed by atoms with E-state index in [1.165, 1.54) is 38.5 Å². The van der Waals surface area contributed by atoms with Crippen molar-refractivity contribution in [1.29, 1.82) is 0 Å². The largest absolute Gasteiger partial charge is 0.302 e. The van der Waals surface area contributed by atoms with Gasteiger partial charge in [-0.25, -0.2) is 11.0 Å². The zero-order chi connectivity index (χ0) is 15.3. The van der Waals surface area contributed by atoms with Gasteiger partial charge < -0.3 is 9.68 Å². The van der Waals surface area contributed by atoms with Gasteiger partial charge in [-0.05, 0) is 25.7 Å². The molecule has 0 radical (unpaired) electrons. The maximum absolute atomic E-state index is 5.13. The molecule has 0 aromatic heterocycles. The zero-order valence-corrected chi connectivity index (χ0v) is 14.3. The lowest BCUT2D eigenvalue weighted by Crippen LogP contribution is -2.16. The summed E-state index contributed by atoms with van der Waals surface area (Å²) in [4.78, 5) is 10.3. The van der Waals surface area contributed by atoms with E-state index in [2.05, 4.69) is 38.7 Å². The van der Waals surface area contributed by atoms with Gasteiger partial charge in [0.1, 0.15) is 0 Å². The van der Waals surface area contributed by atoms with Gasteiger partial charge >= 0.3 is 0 Å². The normalized spacial score (nSPS) is 10.2. The maximum atomic E-state index is 5.13. The summed E-state index contributed by atoms with van der Waals surface area (Å²) in [6.07, 6.45) is 9.57. The first-order valence-corrected chi connectivity index (χ1v) is 8.52. The molecule has 0 aromatic rings. The fourth-order valence-corrected chi connectivity index (χ4v) is 1.22. The molecule has 0 aliphatic carbocycles. The Bertz CT molecular complexity index is 114. The highest BCUT2D eigenvalue weighted by Gasteiger charge is 1.85. The third kappa shape index (κ3) is 26.4. The van der Waals surface area contributed by atoms with Crippen molar-refractivity contribution < 1.29 is 9.68 Å². The lowest BCUT2D eigenvalue weighted by Gasteiger charge is -2.02. The summed E-state index contributed by atoms with van der Waals surface area (Å²) >= 11 is 0. The molecule has 4 heteroatoms. The summed E-state index contributed by atoms with van der Waals surface area (Å²) in [5.41, 5.74) is 5.84. The first kappa shape index (κ1) is 22.1. The summed E-state index contributed by atoms with van der Waals surface area (Å²) in [5, 5.41) is 0. The molecule has 0 aromatic carbocycles. The van der Waals surface area contributed by atoms with Crippen molar-refractivity contribution in [3.63, 3.8) is 0 Å². The molecule has 0 aliphatic heterocycles. The van der Waals surface area contributed by atoms with E-state index < -0.39 is 0 Å². The summed E-state index contributed by atoms with van der Waals surface area (Å²) in [7, 11) is 0. The van der Waals surface area contributed by atoms with Crippen LogP contribution in [0.5, 0.6) is 0 Å². The van der Waals surface area contributed by atoms with Gasteiger partial charge in [0.15, 0.2) is 0 Å². The van der Waals surface area contributed by atoms with Gasteiger partial charge in [-0.2, -0.15) is 0 Å². The van der Waals surface area contributed by atoms with Gasteiger partial charge in [-0.15, -0.1) is 0 Å². The lowest BCUT2D eigenvalue weighted by atomic mass is 10.3. The molecule has 20 heavy (non-hydrogen) atoms. The second-order valence-electron chi connectivity index (χ2n) is 4.90. The Balaban J connectivity index is 0. The number of hydrogen-bond acceptors (Lipinski definition) is 4. The van der Waals surface area contributed by atoms with Crippen molar-refractivity contribution in [1.82, 2.24) is 11.0 Å². The average molecular weight is 290 g/mol. The molecular formula is C16H38N2O2. The summed E-state index contributed by atoms with van der Waals surface area (Å²) in [5.74, 6) is 0. The van der Waals surface area contributed by atoms with Crippen LogP contribution in [0.15, 0.2) is 0 Å². The van der Waals surface area contributed by atoms with Crippen LogP contribution in [-0.4, -0.2) is 26.3 Å². The maximum Gasteiger partial charge on any atom is 0.0682 e. The lowest BCUT2D eigenvalue weighted by molar-refractivity contribution is 0.0387. The molecule has 0 saturated heterocycles. The van der Waals surface area contributed by atoms with E-state index in [9.17, 15) is 0 Å². The minimum Gasteiger partial charge on any atom is -0.302 e. The van der Waals surface area contributed by atoms with E-state index in [1.54, 1.807) is 0 Å². The molecule has 0 fully saturated rings. The highest BCUT2D eigenvalue weighted by molar-refractivity contribution is 4.35. The summed E-state index contributed by atoms with van der Waals surface area (Å²) in [6.45, 7) is 12.3. The standard InChI is InChI=1S/2C8H19NO/c2*1-3-5-7-9-10-8-6-4-2/h2*9H,3-8H2,1-2H3. The van der Waals surface area contributed by atoms with Gasteiger partial charge in [-0.3, -0.25) is 0 Å². The second kappa shape index (κ2) is 23.9. The average Bonchev–Trinajstić information content (AvgIpc) is 2.47. The van der Waals surface area contributed by atoms with Crippen LogP contribution in [0.2, 0.25) is 0 Å². The van der Waals surface area contributed by atoms with Crippen molar-refractivity contribution in [3.8, 4) is 0 Å². The van der Waals surface area contributed by atoms with E-state index in [0.29, 0.717) is 0 Å². The molecule has 0 atom stereocenters. The molecule has 0 spiro atoms. The van der Waals surface area contributed by atoms with Crippen LogP contribution in [-0.2, 0) is 9.68 Å². The van der Waals surface area contributed by atoms with Crippen LogP contribution in [0, 0.1) is 0 Å². The van der Waals surface area contributed by atoms with Crippen LogP contribution >= 0.6 is 0 Å². The Kier molecular flexibility index (Phi) is 26.4. The fraction of sp³-hybridized carbons (Fsp3) is 1.00. The van der Waals surface area contributed by atoms with Gasteiger partial charge in [-0.1, -0.05) is 53.4 Å². The molecule has 0 saturated carbocycles. The van der Waals surface area contributed by atoms with Crippen LogP contribution in [0.1, 0.15) is 79.1 Å². The molecule has 0 unspecified atom stereocenters. The van der Waals surface area contributed by atoms with Gasteiger partial charge in [0.25, 0.3) is 0 Å². The first-order valence-electron chi connectivity index (χ1n) is 8.52. The number of unbranched alkanes of at least 4 members (excludes halogenated alkanes) is 4. The van der Waals surface area contributed by atoms with E-state index in [1.807, 2.05) is 0 Å². The number of nitrogens with one attached hydrogen (secondary N) is 2. The van der Waals surface area contributed by atoms with E-state index in [0.717, 1.165) is 39.1 Å². The zero-order valence-electron chi connectivity index (χ0n) is 14.3. The van der Waals surface area contributed by atoms with Crippen LogP contribution in [0.25, 0.3) is 0 Å². The van der Waals surface area contributed by atoms with Gasteiger partial charge in [0.2, 0.25) is 0 Å². The van der Waals surface area contributed by atoms with Crippen molar-refractivity contribution in [2.75, 3.05) is 26.3 Å². The minimum atomic E-state index is 0.847. The second-order valence-corrected chi connectivity index (χ2v) is 4.90. The SMILES string of the molecule is CCCCNOCCCC.CCCCNOCCCC. The van der Waals surface area contributed by atoms with Gasteiger partial charge in [0, 0.05) is 13.1 Å². The molecule has 2 N–H and O–H groups in total. The Morgan fingerprint density at radius 3 is 1.20 bits per heavy atom. The third-order valence-corrected chi connectivity index (χ3v) is 2.67. The highest BCUT2D eigenvalue weighted by atomic mass is 16.6. The molecular weight excluding hydrogens is 252 g/mol. The monoisotopic (exact) mass is 290 g/mol. The van der Waals surface area contributed by atoms with Crippen molar-refractivity contribution in [2.24, 2.45) is 0 Å². The predicted molar refractivity (Wildman–Crippen MR) is 87.5 cm³/mol. The number of hydroxylamine groups is 2. The molecule has 0 amide bonds. The van der Waals surface area contributed by atoms with Crippen molar-refractivity contribution in [2.45, 2.75) is 79.1 Å². The smallest absolute Gasteiger partial charge is 0.0682 e. The van der Waals surface area contributed by atoms with E-state index in [4.69, 9.17) is 9.68 Å². The molecule has 4 nitrogen and oxygen atoms in total. The predicted octanol–water partition coefficient (Wildman–Crippen LogP) is 4.22. The fourth-order valence-electron chi connectivity index (χ4n) is 1.22. The van der Waals surface area contributed by atoms with Crippen molar-refractivity contribution in [3.05, 3.63) is 0 Å². The van der Waals surface area contributed by atoms with Crippen LogP contribution in [0.4, 0.5) is 0 Å².